The van der Waals surface area contributed by atoms with Crippen molar-refractivity contribution in [1.82, 2.24) is 45.2 Å². The number of hydrogen-bond acceptors (Lipinski definition) is 22. The summed E-state index contributed by atoms with van der Waals surface area (Å²) in [7, 11) is 0. The van der Waals surface area contributed by atoms with Gasteiger partial charge in [0, 0.05) is 129 Å². The number of nitrogen functional groups attached to an aromatic ring is 1. The number of anilines is 9. The first-order valence-corrected chi connectivity index (χ1v) is 42.0. The average Bonchev–Trinajstić information content (AvgIpc) is 1.55. The van der Waals surface area contributed by atoms with Crippen molar-refractivity contribution in [2.45, 2.75) is 66.2 Å². The van der Waals surface area contributed by atoms with E-state index < -0.39 is 0 Å². The van der Waals surface area contributed by atoms with Gasteiger partial charge < -0.3 is 65.1 Å². The number of nitrogens with two attached hydrogens (primary N) is 4. The highest BCUT2D eigenvalue weighted by atomic mass is 32.1. The van der Waals surface area contributed by atoms with Crippen molar-refractivity contribution in [1.29, 1.82) is 0 Å². The number of rotatable bonds is 17. The molecule has 27 heteroatoms. The zero-order valence-electron chi connectivity index (χ0n) is 70.0. The number of pyridine rings is 4. The van der Waals surface area contributed by atoms with Crippen LogP contribution >= 0.6 is 22.7 Å². The summed E-state index contributed by atoms with van der Waals surface area (Å²) in [6.45, 7) is 13.5. The molecule has 0 aliphatic heterocycles. The number of carbonyl (C=O) groups is 1. The van der Waals surface area contributed by atoms with E-state index in [0.717, 1.165) is 129 Å². The molecule has 16 aromatic rings. The van der Waals surface area contributed by atoms with Crippen molar-refractivity contribution >= 4 is 141 Å². The maximum absolute atomic E-state index is 13.2. The van der Waals surface area contributed by atoms with Crippen LogP contribution in [0.15, 0.2) is 281 Å². The van der Waals surface area contributed by atoms with Crippen LogP contribution in [0.1, 0.15) is 136 Å². The molecule has 16 N–H and O–H groups in total. The summed E-state index contributed by atoms with van der Waals surface area (Å²) in [6.07, 6.45) is 6.58. The number of aryl methyl sites for hydroxylation is 1. The van der Waals surface area contributed by atoms with E-state index in [4.69, 9.17) is 53.5 Å². The number of nitrogens with one attached hydrogen (secondary N) is 5. The monoisotopic (exact) mass is 1710 g/mol. The minimum Gasteiger partial charge on any atom is -0.409 e. The van der Waals surface area contributed by atoms with Gasteiger partial charge >= 0.3 is 0 Å². The van der Waals surface area contributed by atoms with Gasteiger partial charge in [-0.3, -0.25) is 4.79 Å². The molecule has 0 fully saturated rings. The molecule has 7 heterocycles. The van der Waals surface area contributed by atoms with Gasteiger partial charge in [-0.25, -0.2) is 44.3 Å². The molecule has 0 unspecified atom stereocenters. The molecule has 0 aliphatic carbocycles. The first kappa shape index (κ1) is 88.2. The second-order valence-electron chi connectivity index (χ2n) is 29.7. The van der Waals surface area contributed by atoms with Gasteiger partial charge in [0.1, 0.15) is 45.7 Å². The fourth-order valence-corrected chi connectivity index (χ4v) is 14.2. The third-order valence-electron chi connectivity index (χ3n) is 19.6. The Balaban J connectivity index is 0.000000145. The summed E-state index contributed by atoms with van der Waals surface area (Å²) in [6, 6.07) is 73.9. The van der Waals surface area contributed by atoms with E-state index in [2.05, 4.69) is 149 Å². The third-order valence-corrected chi connectivity index (χ3v) is 21.6. The van der Waals surface area contributed by atoms with Crippen molar-refractivity contribution in [3.8, 4) is 47.4 Å². The Kier molecular flexibility index (Phi) is 29.4. The Morgan fingerprint density at radius 2 is 0.835 bits per heavy atom. The van der Waals surface area contributed by atoms with Crippen molar-refractivity contribution in [3.63, 3.8) is 0 Å². The molecule has 1 amide bonds. The van der Waals surface area contributed by atoms with Crippen LogP contribution in [0.5, 0.6) is 0 Å². The molecule has 7 aromatic heterocycles. The second-order valence-corrected chi connectivity index (χ2v) is 31.4. The Morgan fingerprint density at radius 1 is 0.433 bits per heavy atom. The number of hydrogen-bond donors (Lipinski definition) is 12. The fourth-order valence-electron chi connectivity index (χ4n) is 12.9. The molecule has 0 saturated carbocycles. The van der Waals surface area contributed by atoms with Crippen LogP contribution < -0.4 is 49.5 Å². The summed E-state index contributed by atoms with van der Waals surface area (Å²) < 4.78 is 13.2. The van der Waals surface area contributed by atoms with Crippen LogP contribution in [-0.2, 0) is 5.41 Å². The summed E-state index contributed by atoms with van der Waals surface area (Å²) >= 11 is 3.00. The van der Waals surface area contributed by atoms with E-state index in [-0.39, 0.29) is 34.6 Å². The van der Waals surface area contributed by atoms with Gasteiger partial charge in [-0.2, -0.15) is 0 Å². The number of oxime groups is 3. The van der Waals surface area contributed by atoms with Crippen LogP contribution in [-0.4, -0.2) is 85.5 Å². The van der Waals surface area contributed by atoms with Crippen molar-refractivity contribution in [3.05, 3.63) is 349 Å². The Labute approximate surface area is 741 Å². The first-order chi connectivity index (χ1) is 61.6. The number of fused-ring (bicyclic) bond motifs is 4. The number of carbonyl (C=O) groups excluding carboxylic acids is 1. The lowest BCUT2D eigenvalue weighted by Gasteiger charge is -2.13. The number of thiazole rings is 2. The Morgan fingerprint density at radius 3 is 1.24 bits per heavy atom. The first-order valence-electron chi connectivity index (χ1n) is 40.2. The van der Waals surface area contributed by atoms with Crippen LogP contribution in [0.25, 0.3) is 43.6 Å². The minimum atomic E-state index is -0.298. The van der Waals surface area contributed by atoms with Crippen LogP contribution in [0.4, 0.5) is 56.1 Å². The van der Waals surface area contributed by atoms with E-state index in [1.165, 1.54) is 23.5 Å². The van der Waals surface area contributed by atoms with E-state index in [0.29, 0.717) is 74.9 Å². The molecule has 0 saturated heterocycles. The molecule has 16 rings (SSSR count). The Hall–Kier alpha value is -16.6. The van der Waals surface area contributed by atoms with Gasteiger partial charge in [-0.05, 0) is 152 Å². The highest BCUT2D eigenvalue weighted by Gasteiger charge is 2.20. The number of para-hydroxylation sites is 4. The average molecular weight is 1720 g/mol. The predicted molar refractivity (Wildman–Crippen MR) is 509 cm³/mol. The molecular weight excluding hydrogens is 1630 g/mol. The number of aromatic nitrogens is 8. The van der Waals surface area contributed by atoms with Gasteiger partial charge in [0.2, 0.25) is 5.95 Å². The second kappa shape index (κ2) is 42.3. The molecule has 24 nitrogen and oxygen atoms in total. The minimum absolute atomic E-state index is 0.00326. The van der Waals surface area contributed by atoms with E-state index in [9.17, 15) is 9.18 Å². The van der Waals surface area contributed by atoms with Crippen molar-refractivity contribution in [2.75, 3.05) is 33.5 Å². The lowest BCUT2D eigenvalue weighted by molar-refractivity contribution is 0.0951. The predicted octanol–water partition coefficient (Wildman–Crippen LogP) is 19.4. The molecular formula is C100H87FN20O4S2. The molecule has 0 spiro atoms. The summed E-state index contributed by atoms with van der Waals surface area (Å²) in [5.74, 6) is 30.5. The third kappa shape index (κ3) is 24.2. The number of amides is 1. The Bertz CT molecular complexity index is 7040. The number of amidine groups is 3. The molecule has 0 radical (unpaired) electrons. The quantitative estimate of drug-likeness (QED) is 0.0132. The number of nitrogens with zero attached hydrogens (tertiary/aromatic N) is 11. The SMILES string of the molecule is CC(C)(C)c1nc(Nc2cc(C#Cc3cccc(C(N)=NO)c3)c3ccccc3n2)cs1.CCC(CC)CCNC(=O)c1ccc(C)c(C#Cc2cc(Nc3csc(N)n3)nc3ccccc23)c1.NC(=NO)c1cccc(C#Cc2cc(Nc3ccc(F)cc3)nc3ccccc23)c1.NC(=NO)c1cccc(C#Cc2cc(Nc3ncccn3)nc3ccccc23)c1. The molecule has 9 aromatic carbocycles. The molecule has 0 bridgehead atoms. The molecule has 630 valence electrons. The van der Waals surface area contributed by atoms with Crippen molar-refractivity contribution in [2.24, 2.45) is 38.6 Å². The van der Waals surface area contributed by atoms with Crippen LogP contribution in [0, 0.1) is 66.0 Å². The van der Waals surface area contributed by atoms with E-state index >= 15 is 0 Å². The zero-order valence-corrected chi connectivity index (χ0v) is 71.6. The summed E-state index contributed by atoms with van der Waals surface area (Å²) in [5, 5.41) is 60.8. The van der Waals surface area contributed by atoms with Crippen LogP contribution in [0.3, 0.4) is 0 Å². The highest BCUT2D eigenvalue weighted by molar-refractivity contribution is 7.13. The van der Waals surface area contributed by atoms with E-state index in [1.54, 1.807) is 84.4 Å². The zero-order chi connectivity index (χ0) is 89.2. The maximum Gasteiger partial charge on any atom is 0.251 e. The molecule has 0 atom stereocenters. The van der Waals surface area contributed by atoms with Crippen LogP contribution in [0.2, 0.25) is 0 Å². The summed E-state index contributed by atoms with van der Waals surface area (Å²) in [5.41, 5.74) is 36.6. The highest BCUT2D eigenvalue weighted by Crippen LogP contribution is 2.32. The lowest BCUT2D eigenvalue weighted by atomic mass is 9.98. The maximum atomic E-state index is 13.2. The van der Waals surface area contributed by atoms with Gasteiger partial charge in [-0.15, -0.1) is 22.7 Å². The van der Waals surface area contributed by atoms with Gasteiger partial charge in [0.15, 0.2) is 22.6 Å². The lowest BCUT2D eigenvalue weighted by Crippen LogP contribution is -2.26. The normalized spacial score (nSPS) is 11.1. The fraction of sp³-hybridized carbons (Fsp3) is 0.120. The van der Waals surface area contributed by atoms with Crippen molar-refractivity contribution < 1.29 is 24.8 Å². The number of halogens is 1. The van der Waals surface area contributed by atoms with Gasteiger partial charge in [0.05, 0.1) is 22.1 Å². The largest absolute Gasteiger partial charge is 0.409 e. The summed E-state index contributed by atoms with van der Waals surface area (Å²) in [4.78, 5) is 48.7. The smallest absolute Gasteiger partial charge is 0.251 e. The molecule has 0 aliphatic rings. The van der Waals surface area contributed by atoms with E-state index in [1.807, 2.05) is 188 Å². The van der Waals surface area contributed by atoms with Gasteiger partial charge in [0.25, 0.3) is 5.91 Å². The molecule has 127 heavy (non-hydrogen) atoms. The topological polar surface area (TPSA) is 382 Å². The number of benzene rings is 9. The standard InChI is InChI=1S/C29H31N5OS.C25H23N5OS.C24H17FN4O.C22H16N6O/c1-4-20(5-2)14-15-31-28(35)23-11-10-19(3)21(16-23)12-13-22-17-26(33-27-18-36-29(30)34-27)32-25-9-7-6-8-24(22)25;1-25(2,3)24-29-22(15-32-24)28-21-14-17(19-9-4-5-10-20(19)27-21)12-11-16-7-6-8-18(13-16)23(26)30-31;25-19-10-12-20(13-11-19)27-23-15-17(21-6-1-2-7-22(21)28-23)9-8-16-4-3-5-18(14-16)24(26)29-30;23-21(28-29)17-6-3-5-15(13-17)9-10-16-14-20(27-22-24-11-4-12-25-22)26-19-8-2-1-7-18(16)19/h6-11,16-18,20H,4-5,14-15H2,1-3H3,(H2,30,34)(H,31,35)(H,32,33);4-10,13-15,31H,1-3H3,(H2,26,30)(H,27,28);1-7,10-15,30H,(H2,26,29)(H,27,28);1-8,11-14,29H,(H2,23,28)(H,24,25,26,27). The van der Waals surface area contributed by atoms with Gasteiger partial charge in [-0.1, -0.05) is 226 Å².